The number of aromatic nitrogens is 6. The molecule has 1 saturated heterocycles. The van der Waals surface area contributed by atoms with E-state index in [-0.39, 0.29) is 11.7 Å². The van der Waals surface area contributed by atoms with Gasteiger partial charge in [-0.05, 0) is 37.7 Å². The molecule has 2 aliphatic rings. The maximum Gasteiger partial charge on any atom is 0.293 e. The van der Waals surface area contributed by atoms with E-state index in [2.05, 4.69) is 30.8 Å². The van der Waals surface area contributed by atoms with E-state index < -0.39 is 0 Å². The molecule has 1 aliphatic heterocycles. The number of carbonyl (C=O) groups is 1. The second-order valence-electron chi connectivity index (χ2n) is 7.25. The average molecular weight is 351 g/mol. The molecule has 0 radical (unpaired) electrons. The third-order valence-corrected chi connectivity index (χ3v) is 5.35. The Balaban J connectivity index is 1.26. The van der Waals surface area contributed by atoms with Gasteiger partial charge in [0.05, 0.1) is 0 Å². The minimum absolute atomic E-state index is 0.115. The Bertz CT molecular complexity index is 901. The first kappa shape index (κ1) is 15.5. The Morgan fingerprint density at radius 2 is 1.92 bits per heavy atom. The molecule has 0 unspecified atom stereocenters. The van der Waals surface area contributed by atoms with Crippen LogP contribution in [0.25, 0.3) is 5.78 Å². The number of piperidine rings is 1. The predicted molar refractivity (Wildman–Crippen MR) is 93.6 cm³/mol. The lowest BCUT2D eigenvalue weighted by molar-refractivity contribution is 0.0698. The van der Waals surface area contributed by atoms with Gasteiger partial charge in [-0.1, -0.05) is 0 Å². The monoisotopic (exact) mass is 351 g/mol. The molecule has 5 rings (SSSR count). The van der Waals surface area contributed by atoms with Crippen molar-refractivity contribution >= 4 is 11.7 Å². The number of likely N-dealkylation sites (tertiary alicyclic amines) is 1. The highest BCUT2D eigenvalue weighted by atomic mass is 16.2. The fourth-order valence-corrected chi connectivity index (χ4v) is 3.72. The van der Waals surface area contributed by atoms with E-state index >= 15 is 0 Å². The summed E-state index contributed by atoms with van der Waals surface area (Å²) in [5, 5.41) is 4.25. The second kappa shape index (κ2) is 6.19. The lowest BCUT2D eigenvalue weighted by Crippen LogP contribution is -2.39. The van der Waals surface area contributed by atoms with Crippen LogP contribution in [0, 0.1) is 5.92 Å². The van der Waals surface area contributed by atoms with E-state index in [4.69, 9.17) is 0 Å². The third kappa shape index (κ3) is 2.85. The van der Waals surface area contributed by atoms with Gasteiger partial charge in [-0.25, -0.2) is 14.5 Å². The van der Waals surface area contributed by atoms with Crippen molar-refractivity contribution in [1.29, 1.82) is 0 Å². The van der Waals surface area contributed by atoms with E-state index in [1.165, 1.54) is 23.2 Å². The van der Waals surface area contributed by atoms with Crippen molar-refractivity contribution in [1.82, 2.24) is 34.0 Å². The number of imidazole rings is 1. The van der Waals surface area contributed by atoms with Gasteiger partial charge in [0.25, 0.3) is 11.7 Å². The summed E-state index contributed by atoms with van der Waals surface area (Å²) in [4.78, 5) is 27.5. The van der Waals surface area contributed by atoms with Crippen LogP contribution in [-0.4, -0.2) is 53.0 Å². The zero-order valence-corrected chi connectivity index (χ0v) is 14.5. The smallest absolute Gasteiger partial charge is 0.293 e. The molecule has 134 valence electrons. The largest absolute Gasteiger partial charge is 0.336 e. The molecule has 1 saturated carbocycles. The first-order valence-corrected chi connectivity index (χ1v) is 9.25. The molecule has 4 heterocycles. The van der Waals surface area contributed by atoms with Gasteiger partial charge in [0, 0.05) is 50.3 Å². The molecule has 26 heavy (non-hydrogen) atoms. The Labute approximate surface area is 150 Å². The molecule has 0 N–H and O–H groups in total. The molecule has 0 spiro atoms. The van der Waals surface area contributed by atoms with E-state index in [9.17, 15) is 4.79 Å². The minimum Gasteiger partial charge on any atom is -0.336 e. The van der Waals surface area contributed by atoms with Crippen molar-refractivity contribution in [3.8, 4) is 0 Å². The Kier molecular flexibility index (Phi) is 3.69. The minimum atomic E-state index is -0.115. The molecule has 2 fully saturated rings. The summed E-state index contributed by atoms with van der Waals surface area (Å²) in [6.45, 7) is 2.51. The van der Waals surface area contributed by atoms with Gasteiger partial charge in [0.1, 0.15) is 5.82 Å². The fourth-order valence-electron chi connectivity index (χ4n) is 3.72. The van der Waals surface area contributed by atoms with Crippen LogP contribution in [0.1, 0.15) is 48.0 Å². The van der Waals surface area contributed by atoms with Crippen LogP contribution in [0.2, 0.25) is 0 Å². The number of amides is 1. The van der Waals surface area contributed by atoms with Gasteiger partial charge in [0.15, 0.2) is 0 Å². The van der Waals surface area contributed by atoms with Crippen molar-refractivity contribution in [2.24, 2.45) is 5.92 Å². The molecule has 0 bridgehead atoms. The van der Waals surface area contributed by atoms with Gasteiger partial charge >= 0.3 is 0 Å². The number of hydrogen-bond donors (Lipinski definition) is 0. The van der Waals surface area contributed by atoms with Crippen LogP contribution < -0.4 is 0 Å². The molecular weight excluding hydrogens is 330 g/mol. The summed E-state index contributed by atoms with van der Waals surface area (Å²) in [7, 11) is 0. The lowest BCUT2D eigenvalue weighted by Gasteiger charge is -2.31. The molecule has 8 nitrogen and oxygen atoms in total. The van der Waals surface area contributed by atoms with Crippen molar-refractivity contribution in [2.75, 3.05) is 13.1 Å². The number of hydrogen-bond acceptors (Lipinski definition) is 5. The third-order valence-electron chi connectivity index (χ3n) is 5.35. The Morgan fingerprint density at radius 3 is 2.69 bits per heavy atom. The molecule has 1 aliphatic carbocycles. The van der Waals surface area contributed by atoms with Gasteiger partial charge in [-0.15, -0.1) is 5.10 Å². The maximum atomic E-state index is 12.7. The number of fused-ring (bicyclic) bond motifs is 1. The van der Waals surface area contributed by atoms with Gasteiger partial charge in [0.2, 0.25) is 5.82 Å². The van der Waals surface area contributed by atoms with Crippen LogP contribution in [0.4, 0.5) is 0 Å². The maximum absolute atomic E-state index is 12.7. The normalized spacial score (nSPS) is 18.5. The predicted octanol–water partition coefficient (Wildman–Crippen LogP) is 1.75. The first-order valence-electron chi connectivity index (χ1n) is 9.25. The average Bonchev–Trinajstić information content (AvgIpc) is 3.19. The van der Waals surface area contributed by atoms with Crippen molar-refractivity contribution in [3.05, 3.63) is 42.5 Å². The van der Waals surface area contributed by atoms with Gasteiger partial charge in [-0.2, -0.15) is 4.98 Å². The molecule has 3 aromatic heterocycles. The standard InChI is InChI=1S/C18H21N7O/c26-17(15-21-18-20-6-1-8-25(18)22-15)23-9-4-14(5-10-23)16-19-7-11-24(16)12-13-2-3-13/h1,6-8,11,13-14H,2-5,9-10,12H2. The summed E-state index contributed by atoms with van der Waals surface area (Å²) < 4.78 is 3.85. The quantitative estimate of drug-likeness (QED) is 0.715. The van der Waals surface area contributed by atoms with Crippen molar-refractivity contribution in [2.45, 2.75) is 38.1 Å². The highest BCUT2D eigenvalue weighted by Gasteiger charge is 2.30. The van der Waals surface area contributed by atoms with Crippen LogP contribution >= 0.6 is 0 Å². The van der Waals surface area contributed by atoms with Crippen LogP contribution in [0.5, 0.6) is 0 Å². The van der Waals surface area contributed by atoms with Gasteiger partial charge in [-0.3, -0.25) is 4.79 Å². The number of carbonyl (C=O) groups excluding carboxylic acids is 1. The van der Waals surface area contributed by atoms with Crippen LogP contribution in [0.15, 0.2) is 30.9 Å². The first-order chi connectivity index (χ1) is 12.8. The van der Waals surface area contributed by atoms with Crippen LogP contribution in [0.3, 0.4) is 0 Å². The molecule has 8 heteroatoms. The van der Waals surface area contributed by atoms with Crippen LogP contribution in [-0.2, 0) is 6.54 Å². The summed E-state index contributed by atoms with van der Waals surface area (Å²) in [6, 6.07) is 1.77. The molecule has 0 atom stereocenters. The highest BCUT2D eigenvalue weighted by molar-refractivity contribution is 5.90. The van der Waals surface area contributed by atoms with E-state index in [1.807, 2.05) is 11.1 Å². The summed E-state index contributed by atoms with van der Waals surface area (Å²) >= 11 is 0. The SMILES string of the molecule is O=C(c1nc2ncccn2n1)N1CCC(c2nccn2CC2CC2)CC1. The molecule has 3 aromatic rings. The summed E-state index contributed by atoms with van der Waals surface area (Å²) in [6.07, 6.45) is 11.9. The van der Waals surface area contributed by atoms with E-state index in [0.29, 0.717) is 24.8 Å². The second-order valence-corrected chi connectivity index (χ2v) is 7.25. The number of nitrogens with zero attached hydrogens (tertiary/aromatic N) is 7. The molecule has 0 aromatic carbocycles. The lowest BCUT2D eigenvalue weighted by atomic mass is 9.95. The topological polar surface area (TPSA) is 81.2 Å². The molecular formula is C18H21N7O. The molecule has 1 amide bonds. The van der Waals surface area contributed by atoms with E-state index in [0.717, 1.165) is 25.3 Å². The highest BCUT2D eigenvalue weighted by Crippen LogP contribution is 2.33. The Hall–Kier alpha value is -2.77. The fraction of sp³-hybridized carbons (Fsp3) is 0.500. The van der Waals surface area contributed by atoms with Crippen molar-refractivity contribution in [3.63, 3.8) is 0 Å². The zero-order chi connectivity index (χ0) is 17.5. The summed E-state index contributed by atoms with van der Waals surface area (Å²) in [5.74, 6) is 2.99. The van der Waals surface area contributed by atoms with Gasteiger partial charge < -0.3 is 9.47 Å². The number of rotatable bonds is 4. The van der Waals surface area contributed by atoms with Crippen molar-refractivity contribution < 1.29 is 4.79 Å². The summed E-state index contributed by atoms with van der Waals surface area (Å²) in [5.41, 5.74) is 0. The van der Waals surface area contributed by atoms with E-state index in [1.54, 1.807) is 18.5 Å². The zero-order valence-electron chi connectivity index (χ0n) is 14.5. The Morgan fingerprint density at radius 1 is 1.08 bits per heavy atom.